The van der Waals surface area contributed by atoms with E-state index in [1.165, 1.54) is 0 Å². The number of imide groups is 1. The molecule has 1 aliphatic heterocycles. The van der Waals surface area contributed by atoms with Crippen molar-refractivity contribution in [1.82, 2.24) is 9.88 Å². The minimum absolute atomic E-state index is 0.0599. The van der Waals surface area contributed by atoms with Crippen LogP contribution in [0.3, 0.4) is 0 Å². The molecule has 0 saturated heterocycles. The van der Waals surface area contributed by atoms with Gasteiger partial charge in [-0.05, 0) is 42.8 Å². The fourth-order valence-corrected chi connectivity index (χ4v) is 3.41. The summed E-state index contributed by atoms with van der Waals surface area (Å²) < 4.78 is 5.41. The minimum atomic E-state index is -0.467. The van der Waals surface area contributed by atoms with Crippen LogP contribution in [0.25, 0.3) is 10.9 Å². The number of aromatic nitrogens is 1. The highest BCUT2D eigenvalue weighted by Gasteiger charge is 2.34. The number of hydrogen-bond donors (Lipinski definition) is 0. The van der Waals surface area contributed by atoms with E-state index in [1.54, 1.807) is 54.7 Å². The van der Waals surface area contributed by atoms with Crippen LogP contribution in [-0.2, 0) is 4.79 Å². The quantitative estimate of drug-likeness (QED) is 0.373. The van der Waals surface area contributed by atoms with Gasteiger partial charge in [0.05, 0.1) is 16.1 Å². The largest absolute Gasteiger partial charge is 0.424 e. The molecule has 28 heavy (non-hydrogen) atoms. The third-order valence-corrected chi connectivity index (χ3v) is 4.87. The van der Waals surface area contributed by atoms with Gasteiger partial charge in [0.1, 0.15) is 5.52 Å². The summed E-state index contributed by atoms with van der Waals surface area (Å²) in [6.45, 7) is 0.154. The van der Waals surface area contributed by atoms with Crippen molar-refractivity contribution >= 4 is 40.3 Å². The van der Waals surface area contributed by atoms with Crippen molar-refractivity contribution in [3.63, 3.8) is 0 Å². The summed E-state index contributed by atoms with van der Waals surface area (Å²) in [6, 6.07) is 13.5. The monoisotopic (exact) mass is 394 g/mol. The number of hydrogen-bond acceptors (Lipinski definition) is 5. The number of carbonyl (C=O) groups excluding carboxylic acids is 3. The van der Waals surface area contributed by atoms with Crippen LogP contribution in [0.15, 0.2) is 54.7 Å². The summed E-state index contributed by atoms with van der Waals surface area (Å²) >= 11 is 6.14. The molecule has 0 bridgehead atoms. The van der Waals surface area contributed by atoms with Crippen molar-refractivity contribution in [3.05, 3.63) is 70.9 Å². The molecule has 0 atom stereocenters. The number of ether oxygens (including phenoxy) is 1. The van der Waals surface area contributed by atoms with Gasteiger partial charge in [-0.15, -0.1) is 0 Å². The summed E-state index contributed by atoms with van der Waals surface area (Å²) in [7, 11) is 0. The van der Waals surface area contributed by atoms with Gasteiger partial charge in [-0.25, -0.2) is 0 Å². The molecule has 2 heterocycles. The number of esters is 1. The average molecular weight is 395 g/mol. The molecule has 2 amide bonds. The molecule has 1 aromatic heterocycles. The molecular formula is C21H15ClN2O4. The van der Waals surface area contributed by atoms with E-state index < -0.39 is 5.97 Å². The zero-order valence-electron chi connectivity index (χ0n) is 14.7. The fourth-order valence-electron chi connectivity index (χ4n) is 3.19. The van der Waals surface area contributed by atoms with Gasteiger partial charge in [0.25, 0.3) is 11.8 Å². The first kappa shape index (κ1) is 18.1. The standard InChI is InChI=1S/C21H15ClN2O4/c22-16-9-10-17(19-15(16)7-3-11-23-19)28-18(25)8-4-12-24-20(26)13-5-1-2-6-14(13)21(24)27/h1-3,5-7,9-11H,4,8,12H2. The molecule has 0 aliphatic carbocycles. The van der Waals surface area contributed by atoms with Crippen LogP contribution in [0, 0.1) is 0 Å². The van der Waals surface area contributed by atoms with Gasteiger partial charge in [-0.2, -0.15) is 0 Å². The van der Waals surface area contributed by atoms with Crippen molar-refractivity contribution < 1.29 is 19.1 Å². The molecule has 0 unspecified atom stereocenters. The van der Waals surface area contributed by atoms with Crippen LogP contribution in [0.2, 0.25) is 5.02 Å². The topological polar surface area (TPSA) is 76.6 Å². The van der Waals surface area contributed by atoms with Crippen molar-refractivity contribution in [2.45, 2.75) is 12.8 Å². The van der Waals surface area contributed by atoms with Crippen molar-refractivity contribution in [1.29, 1.82) is 0 Å². The Morgan fingerprint density at radius 1 is 1.00 bits per heavy atom. The second-order valence-corrected chi connectivity index (χ2v) is 6.74. The van der Waals surface area contributed by atoms with Gasteiger partial charge in [-0.3, -0.25) is 24.3 Å². The predicted molar refractivity (Wildman–Crippen MR) is 103 cm³/mol. The van der Waals surface area contributed by atoms with Gasteiger partial charge in [0, 0.05) is 24.5 Å². The fraction of sp³-hybridized carbons (Fsp3) is 0.143. The van der Waals surface area contributed by atoms with E-state index in [2.05, 4.69) is 4.98 Å². The number of nitrogens with zero attached hydrogens (tertiary/aromatic N) is 2. The Labute approximate surface area is 165 Å². The lowest BCUT2D eigenvalue weighted by Gasteiger charge is -2.13. The first-order valence-electron chi connectivity index (χ1n) is 8.75. The lowest BCUT2D eigenvalue weighted by Crippen LogP contribution is -2.31. The molecule has 0 spiro atoms. The summed E-state index contributed by atoms with van der Waals surface area (Å²) in [5.74, 6) is -0.805. The molecule has 0 saturated carbocycles. The van der Waals surface area contributed by atoms with E-state index in [4.69, 9.17) is 16.3 Å². The molecule has 3 aromatic rings. The zero-order chi connectivity index (χ0) is 19.7. The van der Waals surface area contributed by atoms with Gasteiger partial charge in [0.15, 0.2) is 5.75 Å². The van der Waals surface area contributed by atoms with Gasteiger partial charge in [0.2, 0.25) is 0 Å². The van der Waals surface area contributed by atoms with E-state index in [0.717, 1.165) is 4.90 Å². The van der Waals surface area contributed by atoms with Crippen molar-refractivity contribution in [2.24, 2.45) is 0 Å². The van der Waals surface area contributed by atoms with Crippen LogP contribution in [-0.4, -0.2) is 34.2 Å². The predicted octanol–water partition coefficient (Wildman–Crippen LogP) is 3.87. The zero-order valence-corrected chi connectivity index (χ0v) is 15.5. The normalized spacial score (nSPS) is 13.1. The number of amides is 2. The third-order valence-electron chi connectivity index (χ3n) is 4.54. The summed E-state index contributed by atoms with van der Waals surface area (Å²) in [5.41, 5.74) is 1.30. The van der Waals surface area contributed by atoms with Crippen molar-refractivity contribution in [2.75, 3.05) is 6.54 Å². The summed E-state index contributed by atoms with van der Waals surface area (Å²) in [4.78, 5) is 42.3. The molecule has 4 rings (SSSR count). The summed E-state index contributed by atoms with van der Waals surface area (Å²) in [6.07, 6.45) is 1.96. The number of halogens is 1. The summed E-state index contributed by atoms with van der Waals surface area (Å²) in [5, 5.41) is 1.22. The van der Waals surface area contributed by atoms with E-state index in [0.29, 0.717) is 39.2 Å². The lowest BCUT2D eigenvalue weighted by atomic mass is 10.1. The SMILES string of the molecule is O=C(CCCN1C(=O)c2ccccc2C1=O)Oc1ccc(Cl)c2cccnc12. The molecule has 0 radical (unpaired) electrons. The Balaban J connectivity index is 1.38. The maximum atomic E-state index is 12.3. The third kappa shape index (κ3) is 3.23. The van der Waals surface area contributed by atoms with E-state index in [9.17, 15) is 14.4 Å². The molecule has 2 aromatic carbocycles. The first-order chi connectivity index (χ1) is 13.6. The number of benzene rings is 2. The molecule has 0 N–H and O–H groups in total. The lowest BCUT2D eigenvalue weighted by molar-refractivity contribution is -0.134. The Morgan fingerprint density at radius 2 is 1.71 bits per heavy atom. The van der Waals surface area contributed by atoms with E-state index in [1.807, 2.05) is 0 Å². The highest BCUT2D eigenvalue weighted by molar-refractivity contribution is 6.35. The Kier molecular flexibility index (Phi) is 4.79. The molecule has 140 valence electrons. The van der Waals surface area contributed by atoms with Crippen LogP contribution in [0.5, 0.6) is 5.75 Å². The second kappa shape index (κ2) is 7.40. The highest BCUT2D eigenvalue weighted by Crippen LogP contribution is 2.30. The van der Waals surface area contributed by atoms with E-state index in [-0.39, 0.29) is 24.8 Å². The number of fused-ring (bicyclic) bond motifs is 2. The molecule has 6 nitrogen and oxygen atoms in total. The Hall–Kier alpha value is -3.25. The Bertz CT molecular complexity index is 1080. The molecule has 0 fully saturated rings. The number of carbonyl (C=O) groups is 3. The van der Waals surface area contributed by atoms with Gasteiger partial charge >= 0.3 is 5.97 Å². The second-order valence-electron chi connectivity index (χ2n) is 6.33. The van der Waals surface area contributed by atoms with Gasteiger partial charge in [-0.1, -0.05) is 23.7 Å². The van der Waals surface area contributed by atoms with E-state index >= 15 is 0 Å². The maximum absolute atomic E-state index is 12.3. The van der Waals surface area contributed by atoms with Crippen LogP contribution < -0.4 is 4.74 Å². The Morgan fingerprint density at radius 3 is 2.43 bits per heavy atom. The van der Waals surface area contributed by atoms with Crippen LogP contribution >= 0.6 is 11.6 Å². The van der Waals surface area contributed by atoms with Crippen LogP contribution in [0.1, 0.15) is 33.6 Å². The number of rotatable bonds is 5. The smallest absolute Gasteiger partial charge is 0.311 e. The van der Waals surface area contributed by atoms with Gasteiger partial charge < -0.3 is 4.74 Å². The van der Waals surface area contributed by atoms with Crippen molar-refractivity contribution in [3.8, 4) is 5.75 Å². The number of pyridine rings is 1. The molecular weight excluding hydrogens is 380 g/mol. The maximum Gasteiger partial charge on any atom is 0.311 e. The first-order valence-corrected chi connectivity index (χ1v) is 9.13. The highest BCUT2D eigenvalue weighted by atomic mass is 35.5. The average Bonchev–Trinajstić information content (AvgIpc) is 2.95. The molecule has 7 heteroatoms. The minimum Gasteiger partial charge on any atom is -0.424 e. The van der Waals surface area contributed by atoms with Crippen LogP contribution in [0.4, 0.5) is 0 Å². The molecule has 1 aliphatic rings.